The predicted octanol–water partition coefficient (Wildman–Crippen LogP) is 3.63. The third kappa shape index (κ3) is 3.85. The van der Waals surface area contributed by atoms with Crippen LogP contribution in [0.15, 0.2) is 18.2 Å². The normalized spacial score (nSPS) is 11.8. The van der Waals surface area contributed by atoms with Crippen molar-refractivity contribution in [1.29, 1.82) is 0 Å². The Morgan fingerprint density at radius 1 is 1.38 bits per heavy atom. The second kappa shape index (κ2) is 7.00. The third-order valence-electron chi connectivity index (χ3n) is 2.50. The van der Waals surface area contributed by atoms with E-state index in [1.54, 1.807) is 0 Å². The molecule has 16 heavy (non-hydrogen) atoms. The Labute approximate surface area is 109 Å². The van der Waals surface area contributed by atoms with Crippen LogP contribution in [-0.4, -0.2) is 14.1 Å². The van der Waals surface area contributed by atoms with Gasteiger partial charge in [-0.15, -0.1) is 12.4 Å². The van der Waals surface area contributed by atoms with Crippen LogP contribution in [0.25, 0.3) is 0 Å². The Bertz CT molecular complexity index is 327. The first-order valence-electron chi connectivity index (χ1n) is 5.28. The van der Waals surface area contributed by atoms with E-state index in [0.29, 0.717) is 0 Å². The zero-order chi connectivity index (χ0) is 11.4. The Balaban J connectivity index is 0.00000225. The summed E-state index contributed by atoms with van der Waals surface area (Å²) in [4.78, 5) is 2.03. The summed E-state index contributed by atoms with van der Waals surface area (Å²) in [5, 5.41) is 0.766. The quantitative estimate of drug-likeness (QED) is 0.898. The number of hydrogen-bond acceptors (Lipinski definition) is 2. The van der Waals surface area contributed by atoms with E-state index in [1.165, 1.54) is 0 Å². The van der Waals surface area contributed by atoms with Gasteiger partial charge in [-0.2, -0.15) is 0 Å². The number of benzene rings is 1. The van der Waals surface area contributed by atoms with Gasteiger partial charge in [-0.1, -0.05) is 31.0 Å². The molecule has 0 saturated heterocycles. The maximum absolute atomic E-state index is 6.20. The topological polar surface area (TPSA) is 29.3 Å². The number of nitrogens with zero attached hydrogens (tertiary/aromatic N) is 1. The first-order chi connectivity index (χ1) is 7.06. The molecule has 2 N–H and O–H groups in total. The van der Waals surface area contributed by atoms with Gasteiger partial charge in [0, 0.05) is 30.8 Å². The van der Waals surface area contributed by atoms with E-state index in [1.807, 2.05) is 31.1 Å². The standard InChI is InChI=1S/C12H19ClN2.ClH/c1-4-5-12(14)10-7-6-9(15(2)3)8-11(10)13;/h6-8,12H,4-5,14H2,1-3H3;1H/t12-;/m1./s1. The minimum Gasteiger partial charge on any atom is -0.378 e. The Morgan fingerprint density at radius 2 is 2.00 bits per heavy atom. The lowest BCUT2D eigenvalue weighted by Crippen LogP contribution is -2.12. The monoisotopic (exact) mass is 262 g/mol. The van der Waals surface area contributed by atoms with Crippen LogP contribution in [0.2, 0.25) is 5.02 Å². The minimum atomic E-state index is 0. The summed E-state index contributed by atoms with van der Waals surface area (Å²) in [5.74, 6) is 0. The predicted molar refractivity (Wildman–Crippen MR) is 74.9 cm³/mol. The molecular formula is C12H20Cl2N2. The molecule has 0 heterocycles. The van der Waals surface area contributed by atoms with E-state index >= 15 is 0 Å². The molecule has 0 aromatic heterocycles. The molecule has 0 aliphatic heterocycles. The number of halogens is 2. The van der Waals surface area contributed by atoms with Crippen molar-refractivity contribution in [2.75, 3.05) is 19.0 Å². The lowest BCUT2D eigenvalue weighted by Gasteiger charge is -2.17. The molecule has 0 unspecified atom stereocenters. The summed E-state index contributed by atoms with van der Waals surface area (Å²) < 4.78 is 0. The average Bonchev–Trinajstić information content (AvgIpc) is 2.17. The number of rotatable bonds is 4. The summed E-state index contributed by atoms with van der Waals surface area (Å²) in [6, 6.07) is 6.10. The Morgan fingerprint density at radius 3 is 2.44 bits per heavy atom. The maximum Gasteiger partial charge on any atom is 0.0474 e. The molecule has 1 atom stereocenters. The third-order valence-corrected chi connectivity index (χ3v) is 2.83. The second-order valence-corrected chi connectivity index (χ2v) is 4.40. The van der Waals surface area contributed by atoms with Gasteiger partial charge in [0.05, 0.1) is 0 Å². The Hall–Kier alpha value is -0.440. The van der Waals surface area contributed by atoms with Crippen LogP contribution in [-0.2, 0) is 0 Å². The fraction of sp³-hybridized carbons (Fsp3) is 0.500. The summed E-state index contributed by atoms with van der Waals surface area (Å²) in [6.07, 6.45) is 2.05. The van der Waals surface area contributed by atoms with Gasteiger partial charge in [0.15, 0.2) is 0 Å². The molecule has 0 fully saturated rings. The molecule has 0 aliphatic rings. The van der Waals surface area contributed by atoms with Crippen LogP contribution in [0.4, 0.5) is 5.69 Å². The fourth-order valence-electron chi connectivity index (χ4n) is 1.56. The first-order valence-corrected chi connectivity index (χ1v) is 5.66. The summed E-state index contributed by atoms with van der Waals surface area (Å²) in [6.45, 7) is 2.13. The van der Waals surface area contributed by atoms with Gasteiger partial charge in [-0.3, -0.25) is 0 Å². The summed E-state index contributed by atoms with van der Waals surface area (Å²) in [5.41, 5.74) is 8.18. The Kier molecular flexibility index (Phi) is 6.81. The van der Waals surface area contributed by atoms with Gasteiger partial charge in [0.2, 0.25) is 0 Å². The molecule has 0 bridgehead atoms. The van der Waals surface area contributed by atoms with Gasteiger partial charge in [-0.05, 0) is 24.1 Å². The van der Waals surface area contributed by atoms with Crippen molar-refractivity contribution >= 4 is 29.7 Å². The average molecular weight is 263 g/mol. The van der Waals surface area contributed by atoms with Crippen LogP contribution in [0.1, 0.15) is 31.4 Å². The minimum absolute atomic E-state index is 0. The van der Waals surface area contributed by atoms with E-state index in [2.05, 4.69) is 13.0 Å². The van der Waals surface area contributed by atoms with Crippen LogP contribution >= 0.6 is 24.0 Å². The van der Waals surface area contributed by atoms with Crippen molar-refractivity contribution in [2.45, 2.75) is 25.8 Å². The van der Waals surface area contributed by atoms with Gasteiger partial charge >= 0.3 is 0 Å². The zero-order valence-corrected chi connectivity index (χ0v) is 11.6. The van der Waals surface area contributed by atoms with Gasteiger partial charge in [0.25, 0.3) is 0 Å². The van der Waals surface area contributed by atoms with Crippen LogP contribution in [0.3, 0.4) is 0 Å². The van der Waals surface area contributed by atoms with Gasteiger partial charge < -0.3 is 10.6 Å². The second-order valence-electron chi connectivity index (χ2n) is 4.00. The van der Waals surface area contributed by atoms with Crippen molar-refractivity contribution in [3.05, 3.63) is 28.8 Å². The van der Waals surface area contributed by atoms with E-state index in [0.717, 1.165) is 29.1 Å². The van der Waals surface area contributed by atoms with Crippen molar-refractivity contribution in [2.24, 2.45) is 5.73 Å². The fourth-order valence-corrected chi connectivity index (χ4v) is 1.88. The zero-order valence-electron chi connectivity index (χ0n) is 10.0. The summed E-state index contributed by atoms with van der Waals surface area (Å²) in [7, 11) is 3.99. The number of anilines is 1. The van der Waals surface area contributed by atoms with E-state index in [-0.39, 0.29) is 18.4 Å². The molecule has 0 radical (unpaired) electrons. The lowest BCUT2D eigenvalue weighted by molar-refractivity contribution is 0.638. The summed E-state index contributed by atoms with van der Waals surface area (Å²) >= 11 is 6.20. The highest BCUT2D eigenvalue weighted by Gasteiger charge is 2.10. The number of nitrogens with two attached hydrogens (primary N) is 1. The smallest absolute Gasteiger partial charge is 0.0474 e. The van der Waals surface area contributed by atoms with Crippen LogP contribution in [0, 0.1) is 0 Å². The SMILES string of the molecule is CCC[C@@H](N)c1ccc(N(C)C)cc1Cl.Cl. The first kappa shape index (κ1) is 15.6. The molecule has 1 aromatic rings. The molecule has 0 spiro atoms. The highest BCUT2D eigenvalue weighted by atomic mass is 35.5. The molecule has 1 rings (SSSR count). The van der Waals surface area contributed by atoms with Gasteiger partial charge in [-0.25, -0.2) is 0 Å². The van der Waals surface area contributed by atoms with E-state index in [9.17, 15) is 0 Å². The number of hydrogen-bond donors (Lipinski definition) is 1. The van der Waals surface area contributed by atoms with Crippen molar-refractivity contribution < 1.29 is 0 Å². The van der Waals surface area contributed by atoms with Crippen molar-refractivity contribution in [3.8, 4) is 0 Å². The molecule has 92 valence electrons. The van der Waals surface area contributed by atoms with Crippen LogP contribution < -0.4 is 10.6 Å². The molecule has 0 saturated carbocycles. The molecule has 0 amide bonds. The van der Waals surface area contributed by atoms with E-state index < -0.39 is 0 Å². The van der Waals surface area contributed by atoms with Crippen molar-refractivity contribution in [1.82, 2.24) is 0 Å². The van der Waals surface area contributed by atoms with Crippen molar-refractivity contribution in [3.63, 3.8) is 0 Å². The molecule has 1 aromatic carbocycles. The highest BCUT2D eigenvalue weighted by Crippen LogP contribution is 2.28. The largest absolute Gasteiger partial charge is 0.378 e. The molecule has 2 nitrogen and oxygen atoms in total. The van der Waals surface area contributed by atoms with E-state index in [4.69, 9.17) is 17.3 Å². The highest BCUT2D eigenvalue weighted by molar-refractivity contribution is 6.31. The molecule has 4 heteroatoms. The maximum atomic E-state index is 6.20. The van der Waals surface area contributed by atoms with Gasteiger partial charge in [0.1, 0.15) is 0 Å². The lowest BCUT2D eigenvalue weighted by atomic mass is 10.0. The van der Waals surface area contributed by atoms with Crippen LogP contribution in [0.5, 0.6) is 0 Å². The molecular weight excluding hydrogens is 243 g/mol. The molecule has 0 aliphatic carbocycles.